The van der Waals surface area contributed by atoms with Crippen molar-refractivity contribution < 1.29 is 10.2 Å². The van der Waals surface area contributed by atoms with Gasteiger partial charge in [-0.2, -0.15) is 0 Å². The van der Waals surface area contributed by atoms with Gasteiger partial charge in [0, 0.05) is 0 Å². The summed E-state index contributed by atoms with van der Waals surface area (Å²) in [5.74, 6) is -0.184. The Labute approximate surface area is 116 Å². The predicted octanol–water partition coefficient (Wildman–Crippen LogP) is 0.707. The van der Waals surface area contributed by atoms with E-state index in [-0.39, 0.29) is 11.5 Å². The third-order valence-corrected chi connectivity index (χ3v) is 3.77. The van der Waals surface area contributed by atoms with Crippen molar-refractivity contribution in [2.75, 3.05) is 0 Å². The van der Waals surface area contributed by atoms with Crippen molar-refractivity contribution in [1.82, 2.24) is 15.0 Å². The first kappa shape index (κ1) is 12.5. The molecule has 2 N–H and O–H groups in total. The molecule has 2 aromatic carbocycles. The van der Waals surface area contributed by atoms with E-state index in [1.807, 2.05) is 31.2 Å². The van der Waals surface area contributed by atoms with Crippen LogP contribution in [0.3, 0.4) is 0 Å². The fourth-order valence-electron chi connectivity index (χ4n) is 2.46. The van der Waals surface area contributed by atoms with E-state index in [4.69, 9.17) is 0 Å². The third-order valence-electron chi connectivity index (χ3n) is 3.77. The number of hydrogen-bond acceptors (Lipinski definition) is 4. The van der Waals surface area contributed by atoms with Gasteiger partial charge >= 0.3 is 0 Å². The number of benzene rings is 2. The third kappa shape index (κ3) is 1.58. The normalized spacial score (nSPS) is 11.1. The summed E-state index contributed by atoms with van der Waals surface area (Å²) in [6.07, 6.45) is 0. The van der Waals surface area contributed by atoms with Gasteiger partial charge in [-0.25, -0.2) is 4.68 Å². The maximum atomic E-state index is 10.1. The summed E-state index contributed by atoms with van der Waals surface area (Å²) in [6, 6.07) is 7.63. The maximum absolute atomic E-state index is 10.1. The van der Waals surface area contributed by atoms with Crippen molar-refractivity contribution in [3.05, 3.63) is 35.4 Å². The predicted molar refractivity (Wildman–Crippen MR) is 79.8 cm³/mol. The molecule has 20 heavy (non-hydrogen) atoms. The van der Waals surface area contributed by atoms with Crippen molar-refractivity contribution in [2.45, 2.75) is 13.8 Å². The number of aromatic nitrogens is 3. The van der Waals surface area contributed by atoms with Gasteiger partial charge in [0.1, 0.15) is 13.4 Å². The fraction of sp³-hybridized carbons (Fsp3) is 0.143. The van der Waals surface area contributed by atoms with Crippen LogP contribution in [-0.2, 0) is 0 Å². The highest BCUT2D eigenvalue weighted by atomic mass is 16.3. The summed E-state index contributed by atoms with van der Waals surface area (Å²) in [6.45, 7) is 3.67. The molecule has 0 aliphatic rings. The van der Waals surface area contributed by atoms with Gasteiger partial charge in [-0.15, -0.1) is 5.10 Å². The fourth-order valence-corrected chi connectivity index (χ4v) is 2.46. The Morgan fingerprint density at radius 3 is 2.50 bits per heavy atom. The van der Waals surface area contributed by atoms with Crippen molar-refractivity contribution in [1.29, 1.82) is 0 Å². The molecule has 0 saturated heterocycles. The van der Waals surface area contributed by atoms with Gasteiger partial charge in [0.05, 0.1) is 11.2 Å². The van der Waals surface area contributed by atoms with Gasteiger partial charge in [-0.1, -0.05) is 17.3 Å². The van der Waals surface area contributed by atoms with Crippen molar-refractivity contribution in [2.24, 2.45) is 0 Å². The van der Waals surface area contributed by atoms with Crippen LogP contribution in [0, 0.1) is 13.8 Å². The number of phenolic OH excluding ortho intramolecular Hbond substituents is 2. The Bertz CT molecular complexity index is 798. The van der Waals surface area contributed by atoms with E-state index < -0.39 is 0 Å². The second kappa shape index (κ2) is 4.26. The number of rotatable bonds is 1. The minimum atomic E-state index is -0.109. The van der Waals surface area contributed by atoms with Crippen LogP contribution in [0.4, 0.5) is 0 Å². The smallest absolute Gasteiger partial charge is 0.160 e. The number of hydrogen-bond donors (Lipinski definition) is 2. The Balaban J connectivity index is 2.41. The summed E-state index contributed by atoms with van der Waals surface area (Å²) in [7, 11) is 1.76. The van der Waals surface area contributed by atoms with Crippen LogP contribution in [0.15, 0.2) is 24.3 Å². The largest absolute Gasteiger partial charge is 0.505 e. The number of fused-ring (bicyclic) bond motifs is 1. The lowest BCUT2D eigenvalue weighted by atomic mass is 9.87. The number of aromatic hydroxyl groups is 2. The van der Waals surface area contributed by atoms with Gasteiger partial charge in [0.2, 0.25) is 0 Å². The molecule has 1 heterocycles. The molecule has 0 bridgehead atoms. The molecule has 3 aromatic rings. The highest BCUT2D eigenvalue weighted by Crippen LogP contribution is 2.33. The van der Waals surface area contributed by atoms with Crippen LogP contribution < -0.4 is 5.46 Å². The lowest BCUT2D eigenvalue weighted by Crippen LogP contribution is -2.17. The van der Waals surface area contributed by atoms with E-state index in [1.165, 1.54) is 0 Å². The first-order chi connectivity index (χ1) is 9.52. The summed E-state index contributed by atoms with van der Waals surface area (Å²) in [4.78, 5) is 0. The van der Waals surface area contributed by atoms with E-state index >= 15 is 0 Å². The molecular weight excluding hydrogens is 253 g/mol. The van der Waals surface area contributed by atoms with E-state index in [0.717, 1.165) is 22.3 Å². The lowest BCUT2D eigenvalue weighted by molar-refractivity contribution is 0.403. The van der Waals surface area contributed by atoms with E-state index in [9.17, 15) is 10.2 Å². The van der Waals surface area contributed by atoms with Gasteiger partial charge in [-0.3, -0.25) is 0 Å². The van der Waals surface area contributed by atoms with Crippen LogP contribution in [0.1, 0.15) is 11.1 Å². The van der Waals surface area contributed by atoms with Crippen molar-refractivity contribution >= 4 is 24.3 Å². The summed E-state index contributed by atoms with van der Waals surface area (Å²) in [5, 5.41) is 28.3. The van der Waals surface area contributed by atoms with Crippen LogP contribution >= 0.6 is 0 Å². The molecule has 0 aliphatic carbocycles. The van der Waals surface area contributed by atoms with E-state index in [0.29, 0.717) is 11.0 Å². The Hall–Kier alpha value is -2.50. The van der Waals surface area contributed by atoms with Crippen LogP contribution in [0.2, 0.25) is 0 Å². The number of phenols is 2. The monoisotopic (exact) mass is 267 g/mol. The summed E-state index contributed by atoms with van der Waals surface area (Å²) in [5.41, 5.74) is 4.50. The Morgan fingerprint density at radius 1 is 1.05 bits per heavy atom. The molecule has 0 unspecified atom stereocenters. The zero-order valence-electron chi connectivity index (χ0n) is 11.5. The maximum Gasteiger partial charge on any atom is 0.160 e. The van der Waals surface area contributed by atoms with Gasteiger partial charge < -0.3 is 10.2 Å². The SMILES string of the molecule is Bc1c(O)c(O)c(C)c(C)c1-n1nnc2ccccc21. The zero-order chi connectivity index (χ0) is 14.4. The molecule has 1 aromatic heterocycles. The molecule has 0 fully saturated rings. The standard InChI is InChI=1S/C14H14BN3O2/c1-7-8(2)13(19)14(20)11(15)12(7)18-10-6-4-3-5-9(10)16-17-18/h3-6,19-20H,15H2,1-2H3. The molecule has 3 rings (SSSR count). The summed E-state index contributed by atoms with van der Waals surface area (Å²) < 4.78 is 1.70. The van der Waals surface area contributed by atoms with Crippen LogP contribution in [0.25, 0.3) is 16.7 Å². The van der Waals surface area contributed by atoms with Gasteiger partial charge in [-0.05, 0) is 42.6 Å². The lowest BCUT2D eigenvalue weighted by Gasteiger charge is -2.16. The average molecular weight is 267 g/mol. The Morgan fingerprint density at radius 2 is 1.75 bits per heavy atom. The molecule has 0 amide bonds. The highest BCUT2D eigenvalue weighted by molar-refractivity contribution is 6.37. The molecular formula is C14H14BN3O2. The van der Waals surface area contributed by atoms with Gasteiger partial charge in [0.25, 0.3) is 0 Å². The topological polar surface area (TPSA) is 71.2 Å². The minimum absolute atomic E-state index is 0.0758. The molecule has 6 heteroatoms. The molecule has 0 atom stereocenters. The molecule has 0 aliphatic heterocycles. The highest BCUT2D eigenvalue weighted by Gasteiger charge is 2.19. The number of nitrogens with zero attached hydrogens (tertiary/aromatic N) is 3. The van der Waals surface area contributed by atoms with E-state index in [2.05, 4.69) is 10.3 Å². The second-order valence-electron chi connectivity index (χ2n) is 4.91. The number of para-hydroxylation sites is 1. The quantitative estimate of drug-likeness (QED) is 0.503. The van der Waals surface area contributed by atoms with E-state index in [1.54, 1.807) is 19.5 Å². The first-order valence-corrected chi connectivity index (χ1v) is 6.35. The minimum Gasteiger partial charge on any atom is -0.505 e. The van der Waals surface area contributed by atoms with Crippen molar-refractivity contribution in [3.8, 4) is 17.2 Å². The molecule has 5 nitrogen and oxygen atoms in total. The molecule has 0 spiro atoms. The van der Waals surface area contributed by atoms with Crippen molar-refractivity contribution in [3.63, 3.8) is 0 Å². The van der Waals surface area contributed by atoms with Crippen LogP contribution in [0.5, 0.6) is 11.5 Å². The molecule has 100 valence electrons. The van der Waals surface area contributed by atoms with Crippen LogP contribution in [-0.4, -0.2) is 33.1 Å². The zero-order valence-corrected chi connectivity index (χ0v) is 11.5. The molecule has 0 radical (unpaired) electrons. The second-order valence-corrected chi connectivity index (χ2v) is 4.91. The molecule has 0 saturated carbocycles. The van der Waals surface area contributed by atoms with Gasteiger partial charge in [0.15, 0.2) is 11.5 Å². The average Bonchev–Trinajstić information content (AvgIpc) is 2.87. The first-order valence-electron chi connectivity index (χ1n) is 6.35. The Kier molecular flexibility index (Phi) is 2.67. The summed E-state index contributed by atoms with van der Waals surface area (Å²) >= 11 is 0.